The fourth-order valence-corrected chi connectivity index (χ4v) is 2.17. The summed E-state index contributed by atoms with van der Waals surface area (Å²) in [5.74, 6) is 0.560. The highest BCUT2D eigenvalue weighted by Crippen LogP contribution is 2.30. The largest absolute Gasteiger partial charge is 0.383 e. The minimum Gasteiger partial charge on any atom is -0.383 e. The lowest BCUT2D eigenvalue weighted by molar-refractivity contribution is 1.13. The first kappa shape index (κ1) is 10.7. The minimum atomic E-state index is 0.560. The van der Waals surface area contributed by atoms with Gasteiger partial charge in [-0.1, -0.05) is 34.5 Å². The lowest BCUT2D eigenvalue weighted by atomic mass is 10.1. The quantitative estimate of drug-likeness (QED) is 0.865. The summed E-state index contributed by atoms with van der Waals surface area (Å²) in [6.07, 6.45) is 0.869. The highest BCUT2D eigenvalue weighted by molar-refractivity contribution is 9.10. The van der Waals surface area contributed by atoms with Gasteiger partial charge in [-0.25, -0.2) is 4.98 Å². The molecule has 2 aromatic rings. The van der Waals surface area contributed by atoms with Crippen LogP contribution >= 0.6 is 27.5 Å². The fraction of sp³-hybridized carbons (Fsp3) is 0.182. The summed E-state index contributed by atoms with van der Waals surface area (Å²) in [5, 5.41) is 1.64. The Morgan fingerprint density at radius 1 is 1.47 bits per heavy atom. The maximum absolute atomic E-state index is 6.06. The molecular weight excluding hydrogens is 275 g/mol. The van der Waals surface area contributed by atoms with Crippen LogP contribution in [0.5, 0.6) is 0 Å². The normalized spacial score (nSPS) is 10.9. The van der Waals surface area contributed by atoms with E-state index < -0.39 is 0 Å². The van der Waals surface area contributed by atoms with Gasteiger partial charge in [-0.3, -0.25) is 0 Å². The fourth-order valence-electron chi connectivity index (χ4n) is 1.53. The molecule has 0 aliphatic rings. The van der Waals surface area contributed by atoms with E-state index in [-0.39, 0.29) is 0 Å². The first-order chi connectivity index (χ1) is 7.13. The average molecular weight is 286 g/mol. The Kier molecular flexibility index (Phi) is 2.85. The van der Waals surface area contributed by atoms with Gasteiger partial charge in [0.15, 0.2) is 0 Å². The first-order valence-corrected chi connectivity index (χ1v) is 5.83. The molecule has 0 spiro atoms. The van der Waals surface area contributed by atoms with E-state index in [0.717, 1.165) is 27.4 Å². The number of pyridine rings is 1. The Bertz CT molecular complexity index is 525. The van der Waals surface area contributed by atoms with Crippen LogP contribution in [0.2, 0.25) is 5.02 Å². The van der Waals surface area contributed by atoms with Crippen molar-refractivity contribution in [1.29, 1.82) is 0 Å². The van der Waals surface area contributed by atoms with Crippen LogP contribution in [0.25, 0.3) is 10.9 Å². The molecule has 0 aliphatic heterocycles. The number of aromatic nitrogens is 1. The number of nitrogen functional groups attached to an aromatic ring is 1. The molecule has 1 heterocycles. The number of anilines is 1. The van der Waals surface area contributed by atoms with E-state index in [1.54, 1.807) is 0 Å². The van der Waals surface area contributed by atoms with Gasteiger partial charge in [0.1, 0.15) is 5.82 Å². The molecule has 0 saturated heterocycles. The Hall–Kier alpha value is -0.800. The molecule has 15 heavy (non-hydrogen) atoms. The van der Waals surface area contributed by atoms with Gasteiger partial charge < -0.3 is 5.73 Å². The minimum absolute atomic E-state index is 0.560. The van der Waals surface area contributed by atoms with Crippen molar-refractivity contribution in [3.63, 3.8) is 0 Å². The Morgan fingerprint density at radius 3 is 2.87 bits per heavy atom. The molecule has 4 heteroatoms. The highest BCUT2D eigenvalue weighted by atomic mass is 79.9. The van der Waals surface area contributed by atoms with Crippen molar-refractivity contribution in [2.24, 2.45) is 0 Å². The number of aryl methyl sites for hydroxylation is 1. The van der Waals surface area contributed by atoms with Crippen molar-refractivity contribution in [3.8, 4) is 0 Å². The second-order valence-corrected chi connectivity index (χ2v) is 4.57. The van der Waals surface area contributed by atoms with Crippen LogP contribution in [0.4, 0.5) is 5.82 Å². The van der Waals surface area contributed by atoms with E-state index in [1.165, 1.54) is 0 Å². The molecule has 2 nitrogen and oxygen atoms in total. The monoisotopic (exact) mass is 284 g/mol. The van der Waals surface area contributed by atoms with E-state index in [0.29, 0.717) is 10.8 Å². The molecule has 0 atom stereocenters. The molecule has 2 rings (SSSR count). The standard InChI is InChI=1S/C11H10BrClN2/c1-2-6-5-7-8(12)3-4-9(13)10(7)15-11(6)14/h3-5H,2H2,1H3,(H2,14,15). The number of hydrogen-bond acceptors (Lipinski definition) is 2. The molecule has 0 unspecified atom stereocenters. The van der Waals surface area contributed by atoms with Gasteiger partial charge in [0.25, 0.3) is 0 Å². The number of fused-ring (bicyclic) bond motifs is 1. The third kappa shape index (κ3) is 1.82. The van der Waals surface area contributed by atoms with Crippen LogP contribution in [0.1, 0.15) is 12.5 Å². The Labute approximate surface area is 102 Å². The number of benzene rings is 1. The maximum Gasteiger partial charge on any atom is 0.127 e. The van der Waals surface area contributed by atoms with E-state index in [4.69, 9.17) is 17.3 Å². The molecular formula is C11H10BrClN2. The van der Waals surface area contributed by atoms with Gasteiger partial charge >= 0.3 is 0 Å². The Morgan fingerprint density at radius 2 is 2.20 bits per heavy atom. The zero-order chi connectivity index (χ0) is 11.0. The molecule has 78 valence electrons. The zero-order valence-electron chi connectivity index (χ0n) is 8.22. The van der Waals surface area contributed by atoms with Crippen LogP contribution in [0, 0.1) is 0 Å². The van der Waals surface area contributed by atoms with Crippen LogP contribution in [-0.4, -0.2) is 4.98 Å². The van der Waals surface area contributed by atoms with Crippen molar-refractivity contribution < 1.29 is 0 Å². The van der Waals surface area contributed by atoms with Crippen LogP contribution in [0.15, 0.2) is 22.7 Å². The smallest absolute Gasteiger partial charge is 0.127 e. The van der Waals surface area contributed by atoms with Gasteiger partial charge in [0.05, 0.1) is 10.5 Å². The second-order valence-electron chi connectivity index (χ2n) is 3.31. The van der Waals surface area contributed by atoms with Crippen LogP contribution in [-0.2, 0) is 6.42 Å². The van der Waals surface area contributed by atoms with Crippen molar-refractivity contribution in [2.75, 3.05) is 5.73 Å². The number of nitrogens with zero attached hydrogens (tertiary/aromatic N) is 1. The van der Waals surface area contributed by atoms with Crippen molar-refractivity contribution in [1.82, 2.24) is 4.98 Å². The predicted octanol–water partition coefficient (Wildman–Crippen LogP) is 3.80. The van der Waals surface area contributed by atoms with Crippen LogP contribution in [0.3, 0.4) is 0 Å². The van der Waals surface area contributed by atoms with Crippen LogP contribution < -0.4 is 5.73 Å². The third-order valence-corrected chi connectivity index (χ3v) is 3.37. The number of rotatable bonds is 1. The zero-order valence-corrected chi connectivity index (χ0v) is 10.6. The number of nitrogens with two attached hydrogens (primary N) is 1. The SMILES string of the molecule is CCc1cc2c(Br)ccc(Cl)c2nc1N. The highest BCUT2D eigenvalue weighted by Gasteiger charge is 2.08. The summed E-state index contributed by atoms with van der Waals surface area (Å²) in [5.41, 5.74) is 7.63. The molecule has 1 aromatic carbocycles. The van der Waals surface area contributed by atoms with Gasteiger partial charge in [-0.2, -0.15) is 0 Å². The second kappa shape index (κ2) is 3.99. The molecule has 0 amide bonds. The van der Waals surface area contributed by atoms with Gasteiger partial charge in [0, 0.05) is 9.86 Å². The molecule has 0 saturated carbocycles. The number of halogens is 2. The van der Waals surface area contributed by atoms with E-state index in [2.05, 4.69) is 27.8 Å². The topological polar surface area (TPSA) is 38.9 Å². The van der Waals surface area contributed by atoms with Crippen molar-refractivity contribution >= 4 is 44.3 Å². The lowest BCUT2D eigenvalue weighted by Gasteiger charge is -2.07. The summed E-state index contributed by atoms with van der Waals surface area (Å²) < 4.78 is 0.990. The predicted molar refractivity (Wildman–Crippen MR) is 68.2 cm³/mol. The maximum atomic E-state index is 6.06. The molecule has 2 N–H and O–H groups in total. The summed E-state index contributed by atoms with van der Waals surface area (Å²) in [7, 11) is 0. The molecule has 0 aliphatic carbocycles. The first-order valence-electron chi connectivity index (χ1n) is 4.66. The Balaban J connectivity index is 2.86. The molecule has 1 aromatic heterocycles. The van der Waals surface area contributed by atoms with E-state index >= 15 is 0 Å². The van der Waals surface area contributed by atoms with Crippen molar-refractivity contribution in [3.05, 3.63) is 33.3 Å². The number of hydrogen-bond donors (Lipinski definition) is 1. The third-order valence-electron chi connectivity index (χ3n) is 2.38. The van der Waals surface area contributed by atoms with E-state index in [9.17, 15) is 0 Å². The van der Waals surface area contributed by atoms with Crippen molar-refractivity contribution in [2.45, 2.75) is 13.3 Å². The van der Waals surface area contributed by atoms with Gasteiger partial charge in [0.2, 0.25) is 0 Å². The lowest BCUT2D eigenvalue weighted by Crippen LogP contribution is -1.97. The summed E-state index contributed by atoms with van der Waals surface area (Å²) in [4.78, 5) is 4.32. The summed E-state index contributed by atoms with van der Waals surface area (Å²) in [6.45, 7) is 2.05. The molecule has 0 fully saturated rings. The van der Waals surface area contributed by atoms with E-state index in [1.807, 2.05) is 18.2 Å². The summed E-state index contributed by atoms with van der Waals surface area (Å²) >= 11 is 9.54. The molecule has 0 bridgehead atoms. The molecule has 0 radical (unpaired) electrons. The van der Waals surface area contributed by atoms with Gasteiger partial charge in [-0.15, -0.1) is 0 Å². The average Bonchev–Trinajstić information content (AvgIpc) is 2.23. The summed E-state index contributed by atoms with van der Waals surface area (Å²) in [6, 6.07) is 5.77. The van der Waals surface area contributed by atoms with Gasteiger partial charge in [-0.05, 0) is 30.2 Å².